The lowest BCUT2D eigenvalue weighted by atomic mass is 10.0. The molecule has 1 saturated heterocycles. The van der Waals surface area contributed by atoms with Crippen LogP contribution < -0.4 is 4.72 Å². The highest BCUT2D eigenvalue weighted by molar-refractivity contribution is 7.87. The van der Waals surface area contributed by atoms with Crippen molar-refractivity contribution in [3.8, 4) is 0 Å². The fraction of sp³-hybridized carbons (Fsp3) is 0.917. The van der Waals surface area contributed by atoms with Crippen molar-refractivity contribution in [3.05, 3.63) is 0 Å². The van der Waals surface area contributed by atoms with Gasteiger partial charge in [0.2, 0.25) is 0 Å². The van der Waals surface area contributed by atoms with Gasteiger partial charge < -0.3 is 9.84 Å². The number of carboxylic acid groups (broad SMARTS) is 1. The van der Waals surface area contributed by atoms with E-state index in [1.807, 2.05) is 6.92 Å². The molecule has 2 atom stereocenters. The Bertz CT molecular complexity index is 443. The zero-order valence-electron chi connectivity index (χ0n) is 12.4. The zero-order chi connectivity index (χ0) is 15.6. The summed E-state index contributed by atoms with van der Waals surface area (Å²) in [6, 6.07) is -0.660. The maximum atomic E-state index is 12.5. The van der Waals surface area contributed by atoms with Crippen LogP contribution in [0.3, 0.4) is 0 Å². The minimum Gasteiger partial charge on any atom is -0.481 e. The van der Waals surface area contributed by atoms with Crippen LogP contribution in [0.5, 0.6) is 0 Å². The first-order valence-electron chi connectivity index (χ1n) is 6.70. The van der Waals surface area contributed by atoms with Crippen LogP contribution in [0, 0.1) is 5.92 Å². The molecule has 0 spiro atoms. The monoisotopic (exact) mass is 308 g/mol. The molecular weight excluding hydrogens is 284 g/mol. The SMILES string of the molecule is CCCN(C1COCC1C(=O)O)S(=O)(=O)NC(C)(C)C. The molecule has 1 aliphatic heterocycles. The number of nitrogens with zero attached hydrogens (tertiary/aromatic N) is 1. The summed E-state index contributed by atoms with van der Waals surface area (Å²) in [4.78, 5) is 11.2. The van der Waals surface area contributed by atoms with Crippen molar-refractivity contribution < 1.29 is 23.1 Å². The number of rotatable bonds is 6. The Balaban J connectivity index is 3.02. The van der Waals surface area contributed by atoms with Gasteiger partial charge in [-0.05, 0) is 27.2 Å². The van der Waals surface area contributed by atoms with Crippen LogP contribution in [0.1, 0.15) is 34.1 Å². The van der Waals surface area contributed by atoms with Gasteiger partial charge in [-0.15, -0.1) is 0 Å². The number of ether oxygens (including phenoxy) is 1. The van der Waals surface area contributed by atoms with Crippen LogP contribution >= 0.6 is 0 Å². The maximum absolute atomic E-state index is 12.5. The van der Waals surface area contributed by atoms with Crippen molar-refractivity contribution >= 4 is 16.2 Å². The number of hydrogen-bond donors (Lipinski definition) is 2. The first kappa shape index (κ1) is 17.4. The van der Waals surface area contributed by atoms with Crippen molar-refractivity contribution in [1.82, 2.24) is 9.03 Å². The van der Waals surface area contributed by atoms with Crippen LogP contribution in [0.25, 0.3) is 0 Å². The van der Waals surface area contributed by atoms with Crippen LogP contribution in [0.2, 0.25) is 0 Å². The van der Waals surface area contributed by atoms with E-state index in [-0.39, 0.29) is 19.8 Å². The molecule has 2 unspecified atom stereocenters. The summed E-state index contributed by atoms with van der Waals surface area (Å²) < 4.78 is 33.9. The molecule has 1 heterocycles. The third kappa shape index (κ3) is 4.41. The minimum absolute atomic E-state index is 0.0469. The highest BCUT2D eigenvalue weighted by Crippen LogP contribution is 2.23. The van der Waals surface area contributed by atoms with E-state index in [0.29, 0.717) is 6.42 Å². The summed E-state index contributed by atoms with van der Waals surface area (Å²) in [6.45, 7) is 7.51. The predicted molar refractivity (Wildman–Crippen MR) is 74.5 cm³/mol. The average Bonchev–Trinajstić information content (AvgIpc) is 2.70. The molecule has 118 valence electrons. The average molecular weight is 308 g/mol. The van der Waals surface area contributed by atoms with Crippen LogP contribution in [-0.2, 0) is 19.7 Å². The highest BCUT2D eigenvalue weighted by atomic mass is 32.2. The Hall–Kier alpha value is -0.700. The van der Waals surface area contributed by atoms with Gasteiger partial charge >= 0.3 is 5.97 Å². The molecule has 7 nitrogen and oxygen atoms in total. The lowest BCUT2D eigenvalue weighted by Crippen LogP contribution is -2.55. The first-order chi connectivity index (χ1) is 9.08. The topological polar surface area (TPSA) is 95.9 Å². The molecule has 8 heteroatoms. The van der Waals surface area contributed by atoms with E-state index in [1.54, 1.807) is 20.8 Å². The first-order valence-corrected chi connectivity index (χ1v) is 8.14. The van der Waals surface area contributed by atoms with Crippen molar-refractivity contribution in [2.24, 2.45) is 5.92 Å². The molecule has 0 aliphatic carbocycles. The molecule has 0 aromatic rings. The third-order valence-corrected chi connectivity index (χ3v) is 4.87. The smallest absolute Gasteiger partial charge is 0.310 e. The quantitative estimate of drug-likeness (QED) is 0.742. The second-order valence-electron chi connectivity index (χ2n) is 6.02. The highest BCUT2D eigenvalue weighted by Gasteiger charge is 2.43. The molecule has 0 amide bonds. The minimum atomic E-state index is -3.75. The molecule has 0 aromatic carbocycles. The Morgan fingerprint density at radius 1 is 1.40 bits per heavy atom. The van der Waals surface area contributed by atoms with Crippen LogP contribution in [-0.4, -0.2) is 55.1 Å². The summed E-state index contributed by atoms with van der Waals surface area (Å²) in [5.74, 6) is -1.85. The summed E-state index contributed by atoms with van der Waals surface area (Å²) >= 11 is 0. The lowest BCUT2D eigenvalue weighted by molar-refractivity contribution is -0.142. The van der Waals surface area contributed by atoms with Gasteiger partial charge in [-0.1, -0.05) is 6.92 Å². The van der Waals surface area contributed by atoms with E-state index < -0.39 is 33.7 Å². The standard InChI is InChI=1S/C12H24N2O5S/c1-5-6-14(20(17,18)13-12(2,3)4)10-8-19-7-9(10)11(15)16/h9-10,13H,5-8H2,1-4H3,(H,15,16). The lowest BCUT2D eigenvalue weighted by Gasteiger charge is -2.32. The summed E-state index contributed by atoms with van der Waals surface area (Å²) in [5.41, 5.74) is -0.622. The Labute approximate surface area is 120 Å². The number of carbonyl (C=O) groups is 1. The summed E-state index contributed by atoms with van der Waals surface area (Å²) in [6.07, 6.45) is 0.605. The summed E-state index contributed by atoms with van der Waals surface area (Å²) in [7, 11) is -3.75. The predicted octanol–water partition coefficient (Wildman–Crippen LogP) is 0.431. The van der Waals surface area contributed by atoms with E-state index >= 15 is 0 Å². The molecule has 0 bridgehead atoms. The molecular formula is C12H24N2O5S. The van der Waals surface area contributed by atoms with Gasteiger partial charge in [-0.2, -0.15) is 17.4 Å². The van der Waals surface area contributed by atoms with Crippen LogP contribution in [0.15, 0.2) is 0 Å². The Kier molecular flexibility index (Phi) is 5.54. The number of nitrogens with one attached hydrogen (secondary N) is 1. The Morgan fingerprint density at radius 3 is 2.45 bits per heavy atom. The van der Waals surface area contributed by atoms with Gasteiger partial charge in [0.05, 0.1) is 25.2 Å². The molecule has 0 saturated carbocycles. The van der Waals surface area contributed by atoms with Crippen molar-refractivity contribution in [3.63, 3.8) is 0 Å². The number of carboxylic acids is 1. The normalized spacial score (nSPS) is 24.2. The van der Waals surface area contributed by atoms with Gasteiger partial charge in [0.25, 0.3) is 10.2 Å². The van der Waals surface area contributed by atoms with E-state index in [9.17, 15) is 18.3 Å². The van der Waals surface area contributed by atoms with Gasteiger partial charge in [-0.3, -0.25) is 4.79 Å². The zero-order valence-corrected chi connectivity index (χ0v) is 13.2. The van der Waals surface area contributed by atoms with Crippen LogP contribution in [0.4, 0.5) is 0 Å². The summed E-state index contributed by atoms with van der Waals surface area (Å²) in [5, 5.41) is 9.18. The fourth-order valence-electron chi connectivity index (χ4n) is 2.19. The molecule has 1 aliphatic rings. The number of hydrogen-bond acceptors (Lipinski definition) is 4. The molecule has 0 radical (unpaired) electrons. The van der Waals surface area contributed by atoms with Gasteiger partial charge in [0, 0.05) is 12.1 Å². The molecule has 2 N–H and O–H groups in total. The Morgan fingerprint density at radius 2 is 2.00 bits per heavy atom. The van der Waals surface area contributed by atoms with E-state index in [2.05, 4.69) is 4.72 Å². The second kappa shape index (κ2) is 6.38. The molecule has 0 aromatic heterocycles. The van der Waals surface area contributed by atoms with E-state index in [4.69, 9.17) is 4.74 Å². The fourth-order valence-corrected chi connectivity index (χ4v) is 4.07. The van der Waals surface area contributed by atoms with Gasteiger partial charge in [-0.25, -0.2) is 0 Å². The van der Waals surface area contributed by atoms with Crippen molar-refractivity contribution in [2.75, 3.05) is 19.8 Å². The third-order valence-electron chi connectivity index (χ3n) is 2.93. The molecule has 1 fully saturated rings. The van der Waals surface area contributed by atoms with Gasteiger partial charge in [0.1, 0.15) is 0 Å². The van der Waals surface area contributed by atoms with Gasteiger partial charge in [0.15, 0.2) is 0 Å². The molecule has 20 heavy (non-hydrogen) atoms. The largest absolute Gasteiger partial charge is 0.481 e. The second-order valence-corrected chi connectivity index (χ2v) is 7.64. The van der Waals surface area contributed by atoms with Crippen molar-refractivity contribution in [1.29, 1.82) is 0 Å². The number of aliphatic carboxylic acids is 1. The maximum Gasteiger partial charge on any atom is 0.310 e. The van der Waals surface area contributed by atoms with E-state index in [0.717, 1.165) is 0 Å². The van der Waals surface area contributed by atoms with Crippen molar-refractivity contribution in [2.45, 2.75) is 45.7 Å². The molecule has 1 rings (SSSR count). The van der Waals surface area contributed by atoms with E-state index in [1.165, 1.54) is 4.31 Å².